The van der Waals surface area contributed by atoms with Gasteiger partial charge in [0.05, 0.1) is 14.2 Å². The van der Waals surface area contributed by atoms with Gasteiger partial charge in [0, 0.05) is 22.1 Å². The molecular weight excluding hydrogens is 294 g/mol. The van der Waals surface area contributed by atoms with Gasteiger partial charge in [0.2, 0.25) is 0 Å². The predicted octanol–water partition coefficient (Wildman–Crippen LogP) is 3.74. The fraction of sp³-hybridized carbons (Fsp3) is 0.571. The van der Waals surface area contributed by atoms with Crippen molar-refractivity contribution in [2.45, 2.75) is 39.3 Å². The number of ether oxygens (including phenoxy) is 2. The van der Waals surface area contributed by atoms with Crippen molar-refractivity contribution in [3.05, 3.63) is 22.2 Å². The molecule has 1 N–H and O–H groups in total. The van der Waals surface area contributed by atoms with Gasteiger partial charge in [-0.05, 0) is 32.4 Å². The minimum atomic E-state index is 0.105. The van der Waals surface area contributed by atoms with Gasteiger partial charge in [0.25, 0.3) is 0 Å². The topological polar surface area (TPSA) is 30.5 Å². The monoisotopic (exact) mass is 315 g/mol. The SMILES string of the molecule is CCC(C)(C)NCc1c(Br)ccc(OC)c1OC. The molecule has 0 atom stereocenters. The molecule has 1 rings (SSSR count). The second kappa shape index (κ2) is 6.43. The summed E-state index contributed by atoms with van der Waals surface area (Å²) in [5.41, 5.74) is 1.19. The van der Waals surface area contributed by atoms with Crippen LogP contribution in [0.2, 0.25) is 0 Å². The van der Waals surface area contributed by atoms with Crippen molar-refractivity contribution in [1.29, 1.82) is 0 Å². The molecule has 0 radical (unpaired) electrons. The summed E-state index contributed by atoms with van der Waals surface area (Å²) in [5, 5.41) is 3.53. The van der Waals surface area contributed by atoms with E-state index in [1.54, 1.807) is 14.2 Å². The van der Waals surface area contributed by atoms with Crippen LogP contribution in [0.5, 0.6) is 11.5 Å². The molecule has 1 aromatic carbocycles. The van der Waals surface area contributed by atoms with E-state index in [0.29, 0.717) is 0 Å². The van der Waals surface area contributed by atoms with Gasteiger partial charge in [-0.1, -0.05) is 22.9 Å². The van der Waals surface area contributed by atoms with Crippen LogP contribution in [0.4, 0.5) is 0 Å². The molecule has 102 valence electrons. The Labute approximate surface area is 118 Å². The molecule has 3 nitrogen and oxygen atoms in total. The lowest BCUT2D eigenvalue weighted by molar-refractivity contribution is 0.340. The molecule has 4 heteroatoms. The van der Waals surface area contributed by atoms with E-state index in [2.05, 4.69) is 42.0 Å². The summed E-state index contributed by atoms with van der Waals surface area (Å²) in [5.74, 6) is 1.54. The summed E-state index contributed by atoms with van der Waals surface area (Å²) in [6.07, 6.45) is 1.07. The highest BCUT2D eigenvalue weighted by Crippen LogP contribution is 2.36. The lowest BCUT2D eigenvalue weighted by atomic mass is 10.0. The average Bonchev–Trinajstić information content (AvgIpc) is 2.36. The third kappa shape index (κ3) is 3.62. The van der Waals surface area contributed by atoms with Gasteiger partial charge in [0.1, 0.15) is 0 Å². The number of methoxy groups -OCH3 is 2. The zero-order valence-electron chi connectivity index (χ0n) is 11.8. The number of halogens is 1. The number of rotatable bonds is 6. The Bertz CT molecular complexity index is 405. The summed E-state index contributed by atoms with van der Waals surface area (Å²) in [6, 6.07) is 3.88. The van der Waals surface area contributed by atoms with Crippen LogP contribution in [0.25, 0.3) is 0 Å². The van der Waals surface area contributed by atoms with Crippen LogP contribution in [-0.4, -0.2) is 19.8 Å². The number of hydrogen-bond donors (Lipinski definition) is 1. The second-order valence-corrected chi connectivity index (χ2v) is 5.71. The average molecular weight is 316 g/mol. The summed E-state index contributed by atoms with van der Waals surface area (Å²) >= 11 is 3.57. The van der Waals surface area contributed by atoms with E-state index in [9.17, 15) is 0 Å². The predicted molar refractivity (Wildman–Crippen MR) is 78.5 cm³/mol. The molecule has 18 heavy (non-hydrogen) atoms. The second-order valence-electron chi connectivity index (χ2n) is 4.85. The van der Waals surface area contributed by atoms with Gasteiger partial charge in [-0.15, -0.1) is 0 Å². The number of hydrogen-bond acceptors (Lipinski definition) is 3. The van der Waals surface area contributed by atoms with Crippen LogP contribution in [0.1, 0.15) is 32.8 Å². The Hall–Kier alpha value is -0.740. The van der Waals surface area contributed by atoms with Crippen molar-refractivity contribution in [3.8, 4) is 11.5 Å². The maximum atomic E-state index is 5.45. The first kappa shape index (κ1) is 15.3. The first-order valence-electron chi connectivity index (χ1n) is 6.09. The highest BCUT2D eigenvalue weighted by atomic mass is 79.9. The molecule has 0 unspecified atom stereocenters. The summed E-state index contributed by atoms with van der Waals surface area (Å²) in [4.78, 5) is 0. The molecule has 0 heterocycles. The zero-order valence-corrected chi connectivity index (χ0v) is 13.3. The van der Waals surface area contributed by atoms with Crippen molar-refractivity contribution in [3.63, 3.8) is 0 Å². The summed E-state index contributed by atoms with van der Waals surface area (Å²) < 4.78 is 11.8. The molecule has 0 spiro atoms. The fourth-order valence-corrected chi connectivity index (χ4v) is 2.04. The lowest BCUT2D eigenvalue weighted by Gasteiger charge is -2.25. The van der Waals surface area contributed by atoms with Crippen LogP contribution in [0.15, 0.2) is 16.6 Å². The van der Waals surface area contributed by atoms with Crippen LogP contribution in [-0.2, 0) is 6.54 Å². The molecule has 1 aromatic rings. The number of benzene rings is 1. The van der Waals surface area contributed by atoms with Crippen molar-refractivity contribution in [2.75, 3.05) is 14.2 Å². The zero-order chi connectivity index (χ0) is 13.8. The first-order valence-corrected chi connectivity index (χ1v) is 6.89. The minimum absolute atomic E-state index is 0.105. The van der Waals surface area contributed by atoms with Crippen LogP contribution in [0, 0.1) is 0 Å². The lowest BCUT2D eigenvalue weighted by Crippen LogP contribution is -2.38. The molecule has 0 aliphatic rings. The van der Waals surface area contributed by atoms with Crippen LogP contribution < -0.4 is 14.8 Å². The summed E-state index contributed by atoms with van der Waals surface area (Å²) in [6.45, 7) is 7.29. The van der Waals surface area contributed by atoms with Crippen molar-refractivity contribution in [2.24, 2.45) is 0 Å². The van der Waals surface area contributed by atoms with E-state index in [1.807, 2.05) is 12.1 Å². The van der Waals surface area contributed by atoms with Gasteiger partial charge in [0.15, 0.2) is 11.5 Å². The highest BCUT2D eigenvalue weighted by Gasteiger charge is 2.18. The highest BCUT2D eigenvalue weighted by molar-refractivity contribution is 9.10. The maximum Gasteiger partial charge on any atom is 0.166 e. The van der Waals surface area contributed by atoms with Gasteiger partial charge in [-0.25, -0.2) is 0 Å². The Morgan fingerprint density at radius 1 is 1.22 bits per heavy atom. The third-order valence-electron chi connectivity index (χ3n) is 3.22. The van der Waals surface area contributed by atoms with E-state index in [4.69, 9.17) is 9.47 Å². The molecule has 0 aliphatic carbocycles. The van der Waals surface area contributed by atoms with E-state index in [0.717, 1.165) is 34.5 Å². The van der Waals surface area contributed by atoms with Gasteiger partial charge < -0.3 is 14.8 Å². The molecule has 0 saturated heterocycles. The normalized spacial score (nSPS) is 11.4. The molecule has 0 amide bonds. The Morgan fingerprint density at radius 3 is 2.39 bits per heavy atom. The first-order chi connectivity index (χ1) is 8.45. The van der Waals surface area contributed by atoms with E-state index >= 15 is 0 Å². The van der Waals surface area contributed by atoms with E-state index in [1.165, 1.54) is 0 Å². The van der Waals surface area contributed by atoms with Crippen molar-refractivity contribution < 1.29 is 9.47 Å². The van der Waals surface area contributed by atoms with Crippen LogP contribution in [0.3, 0.4) is 0 Å². The minimum Gasteiger partial charge on any atom is -0.493 e. The fourth-order valence-electron chi connectivity index (χ4n) is 1.58. The molecule has 0 fully saturated rings. The van der Waals surface area contributed by atoms with Crippen LogP contribution >= 0.6 is 15.9 Å². The molecule has 0 aliphatic heterocycles. The molecular formula is C14H22BrNO2. The Balaban J connectivity index is 3.00. The van der Waals surface area contributed by atoms with E-state index < -0.39 is 0 Å². The molecule has 0 bridgehead atoms. The Morgan fingerprint density at radius 2 is 1.89 bits per heavy atom. The van der Waals surface area contributed by atoms with Gasteiger partial charge in [-0.3, -0.25) is 0 Å². The Kier molecular flexibility index (Phi) is 5.47. The third-order valence-corrected chi connectivity index (χ3v) is 3.96. The van der Waals surface area contributed by atoms with Gasteiger partial charge >= 0.3 is 0 Å². The molecule has 0 saturated carbocycles. The van der Waals surface area contributed by atoms with Crippen molar-refractivity contribution >= 4 is 15.9 Å². The van der Waals surface area contributed by atoms with Crippen molar-refractivity contribution in [1.82, 2.24) is 5.32 Å². The van der Waals surface area contributed by atoms with Gasteiger partial charge in [-0.2, -0.15) is 0 Å². The van der Waals surface area contributed by atoms with E-state index in [-0.39, 0.29) is 5.54 Å². The maximum absolute atomic E-state index is 5.45. The quantitative estimate of drug-likeness (QED) is 0.867. The smallest absolute Gasteiger partial charge is 0.166 e. The largest absolute Gasteiger partial charge is 0.493 e. The number of nitrogens with one attached hydrogen (secondary N) is 1. The summed E-state index contributed by atoms with van der Waals surface area (Å²) in [7, 11) is 3.32. The molecule has 0 aromatic heterocycles. The standard InChI is InChI=1S/C14H22BrNO2/c1-6-14(2,3)16-9-10-11(15)7-8-12(17-4)13(10)18-5/h7-8,16H,6,9H2,1-5H3.